The second kappa shape index (κ2) is 5.56. The molecule has 1 aromatic rings. The minimum Gasteiger partial charge on any atom is -0.380 e. The van der Waals surface area contributed by atoms with Crippen molar-refractivity contribution in [1.82, 2.24) is 5.32 Å². The lowest BCUT2D eigenvalue weighted by Gasteiger charge is -2.09. The van der Waals surface area contributed by atoms with Crippen molar-refractivity contribution >= 4 is 23.2 Å². The van der Waals surface area contributed by atoms with Crippen LogP contribution in [0.3, 0.4) is 0 Å². The smallest absolute Gasteiger partial charge is 0.216 e. The number of halogens is 2. The minimum atomic E-state index is -0.398. The standard InChI is InChI=1S/C10H12ClFN2O/c1-7(15)13-5-6-14-10-8(11)3-2-4-9(10)12/h2-4,14H,5-6H2,1H3,(H,13,15). The Morgan fingerprint density at radius 2 is 2.20 bits per heavy atom. The molecule has 1 aromatic carbocycles. The molecule has 15 heavy (non-hydrogen) atoms. The fourth-order valence-corrected chi connectivity index (χ4v) is 1.32. The van der Waals surface area contributed by atoms with Crippen LogP contribution in [0.1, 0.15) is 6.92 Å². The van der Waals surface area contributed by atoms with Gasteiger partial charge in [-0.25, -0.2) is 4.39 Å². The molecule has 0 radical (unpaired) electrons. The quantitative estimate of drug-likeness (QED) is 0.778. The molecule has 0 aliphatic rings. The zero-order valence-corrected chi connectivity index (χ0v) is 9.07. The van der Waals surface area contributed by atoms with Crippen molar-refractivity contribution in [1.29, 1.82) is 0 Å². The lowest BCUT2D eigenvalue weighted by Crippen LogP contribution is -2.26. The number of carbonyl (C=O) groups is 1. The van der Waals surface area contributed by atoms with Crippen molar-refractivity contribution in [2.75, 3.05) is 18.4 Å². The maximum atomic E-state index is 13.2. The molecule has 1 amide bonds. The van der Waals surface area contributed by atoms with E-state index in [1.54, 1.807) is 6.07 Å². The van der Waals surface area contributed by atoms with E-state index in [-0.39, 0.29) is 11.6 Å². The summed E-state index contributed by atoms with van der Waals surface area (Å²) in [6, 6.07) is 4.47. The Labute approximate surface area is 92.6 Å². The molecule has 0 saturated heterocycles. The summed E-state index contributed by atoms with van der Waals surface area (Å²) in [4.78, 5) is 10.5. The monoisotopic (exact) mass is 230 g/mol. The average Bonchev–Trinajstić information content (AvgIpc) is 2.15. The molecule has 0 aliphatic carbocycles. The highest BCUT2D eigenvalue weighted by Crippen LogP contribution is 2.23. The molecule has 1 rings (SSSR count). The molecular formula is C10H12ClFN2O. The van der Waals surface area contributed by atoms with Crippen molar-refractivity contribution in [2.24, 2.45) is 0 Å². The van der Waals surface area contributed by atoms with Gasteiger partial charge in [0.1, 0.15) is 5.82 Å². The van der Waals surface area contributed by atoms with Crippen LogP contribution in [0.5, 0.6) is 0 Å². The molecule has 0 atom stereocenters. The summed E-state index contributed by atoms with van der Waals surface area (Å²) in [5.74, 6) is -0.512. The largest absolute Gasteiger partial charge is 0.380 e. The van der Waals surface area contributed by atoms with E-state index in [0.29, 0.717) is 18.1 Å². The topological polar surface area (TPSA) is 41.1 Å². The minimum absolute atomic E-state index is 0.114. The third-order valence-corrected chi connectivity index (χ3v) is 2.08. The number of anilines is 1. The summed E-state index contributed by atoms with van der Waals surface area (Å²) in [5.41, 5.74) is 0.268. The van der Waals surface area contributed by atoms with E-state index >= 15 is 0 Å². The fraction of sp³-hybridized carbons (Fsp3) is 0.300. The van der Waals surface area contributed by atoms with E-state index in [2.05, 4.69) is 10.6 Å². The van der Waals surface area contributed by atoms with Gasteiger partial charge >= 0.3 is 0 Å². The highest BCUT2D eigenvalue weighted by Gasteiger charge is 2.04. The maximum Gasteiger partial charge on any atom is 0.216 e. The SMILES string of the molecule is CC(=O)NCCNc1c(F)cccc1Cl. The first kappa shape index (κ1) is 11.8. The summed E-state index contributed by atoms with van der Waals surface area (Å²) in [5, 5.41) is 5.73. The molecule has 0 unspecified atom stereocenters. The van der Waals surface area contributed by atoms with Crippen molar-refractivity contribution in [3.63, 3.8) is 0 Å². The Kier molecular flexibility index (Phi) is 4.37. The van der Waals surface area contributed by atoms with Gasteiger partial charge in [-0.1, -0.05) is 17.7 Å². The van der Waals surface area contributed by atoms with E-state index in [0.717, 1.165) is 0 Å². The Morgan fingerprint density at radius 1 is 1.47 bits per heavy atom. The van der Waals surface area contributed by atoms with Crippen LogP contribution in [0.2, 0.25) is 5.02 Å². The highest BCUT2D eigenvalue weighted by atomic mass is 35.5. The zero-order chi connectivity index (χ0) is 11.3. The molecule has 0 saturated carbocycles. The lowest BCUT2D eigenvalue weighted by molar-refractivity contribution is -0.118. The van der Waals surface area contributed by atoms with Crippen LogP contribution >= 0.6 is 11.6 Å². The first-order valence-corrected chi connectivity index (χ1v) is 4.91. The van der Waals surface area contributed by atoms with Gasteiger partial charge in [-0.3, -0.25) is 4.79 Å². The number of nitrogens with one attached hydrogen (secondary N) is 2. The number of para-hydroxylation sites is 1. The number of amides is 1. The van der Waals surface area contributed by atoms with Gasteiger partial charge in [0, 0.05) is 20.0 Å². The molecule has 2 N–H and O–H groups in total. The van der Waals surface area contributed by atoms with Crippen molar-refractivity contribution in [3.05, 3.63) is 29.0 Å². The average molecular weight is 231 g/mol. The molecule has 5 heteroatoms. The van der Waals surface area contributed by atoms with E-state index in [9.17, 15) is 9.18 Å². The Balaban J connectivity index is 2.47. The van der Waals surface area contributed by atoms with E-state index in [1.807, 2.05) is 0 Å². The summed E-state index contributed by atoms with van der Waals surface area (Å²) in [6.45, 7) is 2.29. The number of benzene rings is 1. The van der Waals surface area contributed by atoms with Gasteiger partial charge in [-0.05, 0) is 12.1 Å². The van der Waals surface area contributed by atoms with Crippen molar-refractivity contribution in [3.8, 4) is 0 Å². The third kappa shape index (κ3) is 3.75. The number of hydrogen-bond donors (Lipinski definition) is 2. The molecule has 0 aromatic heterocycles. The van der Waals surface area contributed by atoms with Gasteiger partial charge in [0.15, 0.2) is 0 Å². The van der Waals surface area contributed by atoms with Gasteiger partial charge in [-0.15, -0.1) is 0 Å². The van der Waals surface area contributed by atoms with Gasteiger partial charge in [0.05, 0.1) is 10.7 Å². The molecule has 0 aliphatic heterocycles. The van der Waals surface area contributed by atoms with Crippen LogP contribution in [0.4, 0.5) is 10.1 Å². The van der Waals surface area contributed by atoms with E-state index < -0.39 is 5.82 Å². The Bertz CT molecular complexity index is 337. The molecule has 0 spiro atoms. The number of rotatable bonds is 4. The second-order valence-electron chi connectivity index (χ2n) is 3.01. The van der Waals surface area contributed by atoms with Gasteiger partial charge in [-0.2, -0.15) is 0 Å². The van der Waals surface area contributed by atoms with Crippen LogP contribution in [-0.4, -0.2) is 19.0 Å². The zero-order valence-electron chi connectivity index (χ0n) is 8.31. The van der Waals surface area contributed by atoms with E-state index in [1.165, 1.54) is 19.1 Å². The van der Waals surface area contributed by atoms with Gasteiger partial charge in [0.25, 0.3) is 0 Å². The summed E-state index contributed by atoms with van der Waals surface area (Å²) < 4.78 is 13.2. The maximum absolute atomic E-state index is 13.2. The van der Waals surface area contributed by atoms with Crippen LogP contribution in [-0.2, 0) is 4.79 Å². The molecule has 0 fully saturated rings. The number of hydrogen-bond acceptors (Lipinski definition) is 2. The first-order chi connectivity index (χ1) is 7.11. The first-order valence-electron chi connectivity index (χ1n) is 4.53. The normalized spacial score (nSPS) is 9.80. The predicted octanol–water partition coefficient (Wildman–Crippen LogP) is 2.03. The second-order valence-corrected chi connectivity index (χ2v) is 3.41. The molecular weight excluding hydrogens is 219 g/mol. The summed E-state index contributed by atoms with van der Waals surface area (Å²) in [6.07, 6.45) is 0. The Hall–Kier alpha value is -1.29. The van der Waals surface area contributed by atoms with Crippen LogP contribution < -0.4 is 10.6 Å². The van der Waals surface area contributed by atoms with Gasteiger partial charge < -0.3 is 10.6 Å². The van der Waals surface area contributed by atoms with Crippen LogP contribution in [0.25, 0.3) is 0 Å². The third-order valence-electron chi connectivity index (χ3n) is 1.76. The molecule has 82 valence electrons. The lowest BCUT2D eigenvalue weighted by atomic mass is 10.3. The molecule has 3 nitrogen and oxygen atoms in total. The summed E-state index contributed by atoms with van der Waals surface area (Å²) in [7, 11) is 0. The Morgan fingerprint density at radius 3 is 2.80 bits per heavy atom. The number of carbonyl (C=O) groups excluding carboxylic acids is 1. The predicted molar refractivity (Wildman–Crippen MR) is 58.6 cm³/mol. The summed E-state index contributed by atoms with van der Waals surface area (Å²) >= 11 is 5.78. The molecule has 0 bridgehead atoms. The molecule has 0 heterocycles. The fourth-order valence-electron chi connectivity index (χ4n) is 1.09. The highest BCUT2D eigenvalue weighted by molar-refractivity contribution is 6.33. The van der Waals surface area contributed by atoms with Crippen molar-refractivity contribution in [2.45, 2.75) is 6.92 Å². The van der Waals surface area contributed by atoms with Crippen LogP contribution in [0, 0.1) is 5.82 Å². The van der Waals surface area contributed by atoms with Crippen LogP contribution in [0.15, 0.2) is 18.2 Å². The van der Waals surface area contributed by atoms with Crippen molar-refractivity contribution < 1.29 is 9.18 Å². The van der Waals surface area contributed by atoms with E-state index in [4.69, 9.17) is 11.6 Å². The van der Waals surface area contributed by atoms with Gasteiger partial charge in [0.2, 0.25) is 5.91 Å².